The summed E-state index contributed by atoms with van der Waals surface area (Å²) in [4.78, 5) is 0. The molecule has 0 saturated heterocycles. The predicted octanol–water partition coefficient (Wildman–Crippen LogP) is 4.84. The molecule has 3 aromatic rings. The first kappa shape index (κ1) is 18.2. The van der Waals surface area contributed by atoms with Gasteiger partial charge in [-0.05, 0) is 60.3 Å². The average Bonchev–Trinajstić information content (AvgIpc) is 2.70. The van der Waals surface area contributed by atoms with Crippen molar-refractivity contribution in [1.29, 1.82) is 0 Å². The smallest absolute Gasteiger partial charge is 0.368 e. The van der Waals surface area contributed by atoms with Crippen LogP contribution in [0.1, 0.15) is 0 Å². The fourth-order valence-electron chi connectivity index (χ4n) is 2.48. The van der Waals surface area contributed by atoms with Crippen molar-refractivity contribution in [3.63, 3.8) is 0 Å². The summed E-state index contributed by atoms with van der Waals surface area (Å²) < 4.78 is 22.8. The van der Waals surface area contributed by atoms with Crippen LogP contribution in [0.2, 0.25) is 6.55 Å². The number of rotatable bonds is 7. The number of hydrogen-bond donors (Lipinski definition) is 0. The summed E-state index contributed by atoms with van der Waals surface area (Å²) in [5.41, 5.74) is 0. The third kappa shape index (κ3) is 4.32. The van der Waals surface area contributed by atoms with E-state index in [1.165, 1.54) is 0 Å². The van der Waals surface area contributed by atoms with Crippen LogP contribution in [0.5, 0.6) is 23.0 Å². The zero-order valence-corrected chi connectivity index (χ0v) is 16.1. The van der Waals surface area contributed by atoms with E-state index in [0.29, 0.717) is 0 Å². The largest absolute Gasteiger partial charge is 0.457 e. The van der Waals surface area contributed by atoms with Crippen molar-refractivity contribution in [1.82, 2.24) is 0 Å². The molecule has 0 fully saturated rings. The molecule has 0 aliphatic heterocycles. The topological polar surface area (TPSA) is 36.9 Å². The molecule has 3 aromatic carbocycles. The van der Waals surface area contributed by atoms with Gasteiger partial charge in [-0.1, -0.05) is 30.3 Å². The summed E-state index contributed by atoms with van der Waals surface area (Å²) in [5.74, 6) is 3.08. The van der Waals surface area contributed by atoms with Gasteiger partial charge in [-0.2, -0.15) is 0 Å². The Hall–Kier alpha value is -2.60. The second-order valence-electron chi connectivity index (χ2n) is 5.87. The number of hydrogen-bond acceptors (Lipinski definition) is 4. The van der Waals surface area contributed by atoms with Gasteiger partial charge in [0, 0.05) is 14.2 Å². The normalized spacial score (nSPS) is 11.2. The molecule has 0 radical (unpaired) electrons. The van der Waals surface area contributed by atoms with Crippen molar-refractivity contribution < 1.29 is 18.3 Å². The summed E-state index contributed by atoms with van der Waals surface area (Å²) in [6.07, 6.45) is 0. The van der Waals surface area contributed by atoms with Gasteiger partial charge >= 0.3 is 8.56 Å². The molecule has 0 unspecified atom stereocenters. The van der Waals surface area contributed by atoms with Gasteiger partial charge in [0.1, 0.15) is 23.0 Å². The molecule has 0 heterocycles. The van der Waals surface area contributed by atoms with Crippen LogP contribution in [0.25, 0.3) is 0 Å². The van der Waals surface area contributed by atoms with Crippen LogP contribution in [-0.2, 0) is 8.85 Å². The van der Waals surface area contributed by atoms with Gasteiger partial charge in [0.25, 0.3) is 0 Å². The fourth-order valence-corrected chi connectivity index (χ4v) is 3.89. The van der Waals surface area contributed by atoms with Crippen LogP contribution in [0.4, 0.5) is 0 Å². The number of para-hydroxylation sites is 1. The molecule has 0 amide bonds. The van der Waals surface area contributed by atoms with Crippen molar-refractivity contribution >= 4 is 13.7 Å². The molecule has 0 bridgehead atoms. The Morgan fingerprint density at radius 1 is 0.538 bits per heavy atom. The quantitative estimate of drug-likeness (QED) is 0.561. The second-order valence-corrected chi connectivity index (χ2v) is 9.15. The monoisotopic (exact) mass is 366 g/mol. The van der Waals surface area contributed by atoms with Crippen LogP contribution in [-0.4, -0.2) is 22.8 Å². The van der Waals surface area contributed by atoms with E-state index in [4.69, 9.17) is 18.3 Å². The lowest BCUT2D eigenvalue weighted by atomic mass is 10.3. The third-order valence-corrected chi connectivity index (χ3v) is 7.14. The lowest BCUT2D eigenvalue weighted by Crippen LogP contribution is -2.49. The minimum Gasteiger partial charge on any atom is -0.457 e. The zero-order valence-electron chi connectivity index (χ0n) is 15.1. The maximum Gasteiger partial charge on any atom is 0.368 e. The molecule has 134 valence electrons. The lowest BCUT2D eigenvalue weighted by Gasteiger charge is -2.23. The summed E-state index contributed by atoms with van der Waals surface area (Å²) in [7, 11) is 1.05. The first-order valence-corrected chi connectivity index (χ1v) is 10.7. The molecule has 0 aliphatic rings. The molecule has 3 rings (SSSR count). The average molecular weight is 366 g/mol. The van der Waals surface area contributed by atoms with Crippen molar-refractivity contribution in [2.75, 3.05) is 14.2 Å². The van der Waals surface area contributed by atoms with Crippen molar-refractivity contribution in [2.24, 2.45) is 0 Å². The number of benzene rings is 3. The van der Waals surface area contributed by atoms with Gasteiger partial charge in [0.05, 0.1) is 0 Å². The van der Waals surface area contributed by atoms with E-state index >= 15 is 0 Å². The van der Waals surface area contributed by atoms with Crippen LogP contribution in [0, 0.1) is 0 Å². The van der Waals surface area contributed by atoms with Gasteiger partial charge in [0.15, 0.2) is 0 Å². The Morgan fingerprint density at radius 2 is 0.923 bits per heavy atom. The Kier molecular flexibility index (Phi) is 5.73. The minimum atomic E-state index is -2.31. The molecular weight excluding hydrogens is 344 g/mol. The third-order valence-electron chi connectivity index (χ3n) is 4.20. The van der Waals surface area contributed by atoms with Crippen LogP contribution < -0.4 is 14.7 Å². The molecule has 0 aromatic heterocycles. The minimum absolute atomic E-state index is 0.747. The van der Waals surface area contributed by atoms with E-state index in [0.717, 1.165) is 28.2 Å². The van der Waals surface area contributed by atoms with E-state index in [9.17, 15) is 0 Å². The fraction of sp³-hybridized carbons (Fsp3) is 0.143. The van der Waals surface area contributed by atoms with Gasteiger partial charge in [-0.3, -0.25) is 0 Å². The molecule has 0 aliphatic carbocycles. The summed E-state index contributed by atoms with van der Waals surface area (Å²) in [6, 6.07) is 25.0. The summed E-state index contributed by atoms with van der Waals surface area (Å²) in [5, 5.41) is 1.06. The van der Waals surface area contributed by atoms with Gasteiger partial charge in [-0.25, -0.2) is 0 Å². The molecule has 0 saturated carbocycles. The summed E-state index contributed by atoms with van der Waals surface area (Å²) >= 11 is 0. The second kappa shape index (κ2) is 8.18. The van der Waals surface area contributed by atoms with Crippen LogP contribution in [0.15, 0.2) is 78.9 Å². The molecule has 0 spiro atoms. The Bertz CT molecular complexity index is 813. The van der Waals surface area contributed by atoms with Crippen molar-refractivity contribution in [3.8, 4) is 23.0 Å². The molecule has 26 heavy (non-hydrogen) atoms. The first-order valence-electron chi connectivity index (χ1n) is 8.34. The van der Waals surface area contributed by atoms with Gasteiger partial charge in [-0.15, -0.1) is 0 Å². The Morgan fingerprint density at radius 3 is 1.35 bits per heavy atom. The SMILES string of the molecule is CO[Si](C)(OC)c1ccc(Oc2ccc(Oc3ccccc3)cc2)cc1. The van der Waals surface area contributed by atoms with E-state index in [2.05, 4.69) is 0 Å². The standard InChI is InChI=1S/C21H22O4Si/c1-22-26(3,23-2)21-15-13-20(14-16-21)25-19-11-9-18(10-12-19)24-17-7-5-4-6-8-17/h4-16H,1-3H3. The molecule has 0 N–H and O–H groups in total. The highest BCUT2D eigenvalue weighted by Crippen LogP contribution is 2.26. The maximum absolute atomic E-state index is 5.90. The van der Waals surface area contributed by atoms with Crippen LogP contribution >= 0.6 is 0 Å². The predicted molar refractivity (Wildman–Crippen MR) is 105 cm³/mol. The van der Waals surface area contributed by atoms with E-state index < -0.39 is 8.56 Å². The zero-order chi connectivity index (χ0) is 18.4. The van der Waals surface area contributed by atoms with Crippen molar-refractivity contribution in [3.05, 3.63) is 78.9 Å². The highest BCUT2D eigenvalue weighted by atomic mass is 28.4. The van der Waals surface area contributed by atoms with Gasteiger partial charge in [0.2, 0.25) is 0 Å². The Labute approximate surface area is 155 Å². The Balaban J connectivity index is 1.66. The first-order chi connectivity index (χ1) is 12.6. The molecule has 0 atom stereocenters. The molecule has 5 heteroatoms. The van der Waals surface area contributed by atoms with Crippen LogP contribution in [0.3, 0.4) is 0 Å². The summed E-state index contributed by atoms with van der Waals surface area (Å²) in [6.45, 7) is 2.01. The van der Waals surface area contributed by atoms with E-state index in [1.807, 2.05) is 85.4 Å². The van der Waals surface area contributed by atoms with Crippen molar-refractivity contribution in [2.45, 2.75) is 6.55 Å². The van der Waals surface area contributed by atoms with Gasteiger partial charge < -0.3 is 18.3 Å². The maximum atomic E-state index is 5.90. The highest BCUT2D eigenvalue weighted by molar-refractivity contribution is 6.79. The molecular formula is C21H22O4Si. The van der Waals surface area contributed by atoms with E-state index in [-0.39, 0.29) is 0 Å². The molecule has 4 nitrogen and oxygen atoms in total. The number of ether oxygens (including phenoxy) is 2. The lowest BCUT2D eigenvalue weighted by molar-refractivity contribution is 0.265. The highest BCUT2D eigenvalue weighted by Gasteiger charge is 2.31. The van der Waals surface area contributed by atoms with E-state index in [1.54, 1.807) is 14.2 Å².